The minimum absolute atomic E-state index is 0.305. The summed E-state index contributed by atoms with van der Waals surface area (Å²) in [5, 5.41) is 6.61. The van der Waals surface area contributed by atoms with Gasteiger partial charge in [0.15, 0.2) is 5.96 Å². The van der Waals surface area contributed by atoms with Crippen molar-refractivity contribution in [2.24, 2.45) is 4.99 Å². The van der Waals surface area contributed by atoms with Gasteiger partial charge in [0.05, 0.1) is 12.6 Å². The van der Waals surface area contributed by atoms with Gasteiger partial charge in [0.1, 0.15) is 0 Å². The molecule has 0 aromatic carbocycles. The third-order valence-electron chi connectivity index (χ3n) is 3.15. The molecule has 2 N–H and O–H groups in total. The first-order valence-corrected chi connectivity index (χ1v) is 7.13. The molecule has 0 amide bonds. The Morgan fingerprint density at radius 2 is 2.21 bits per heavy atom. The molecule has 1 aromatic rings. The van der Waals surface area contributed by atoms with Gasteiger partial charge in [0, 0.05) is 38.6 Å². The zero-order valence-electron chi connectivity index (χ0n) is 11.6. The normalized spacial score (nSPS) is 19.6. The molecule has 1 saturated heterocycles. The van der Waals surface area contributed by atoms with Crippen molar-refractivity contribution < 1.29 is 4.74 Å². The molecule has 2 heterocycles. The highest BCUT2D eigenvalue weighted by molar-refractivity contribution is 5.79. The lowest BCUT2D eigenvalue weighted by molar-refractivity contribution is 0.117. The summed E-state index contributed by atoms with van der Waals surface area (Å²) in [5.74, 6) is 0.880. The molecule has 0 aliphatic carbocycles. The van der Waals surface area contributed by atoms with Crippen molar-refractivity contribution in [1.82, 2.24) is 15.2 Å². The van der Waals surface area contributed by atoms with E-state index in [1.165, 1.54) is 0 Å². The van der Waals surface area contributed by atoms with Crippen LogP contribution in [0, 0.1) is 0 Å². The molecule has 5 heteroatoms. The third kappa shape index (κ3) is 4.95. The summed E-state index contributed by atoms with van der Waals surface area (Å²) in [6.07, 6.45) is 6.74. The lowest BCUT2D eigenvalue weighted by Crippen LogP contribution is -2.39. The van der Waals surface area contributed by atoms with Crippen LogP contribution in [0.4, 0.5) is 0 Å². The number of ether oxygens (including phenoxy) is 1. The summed E-state index contributed by atoms with van der Waals surface area (Å²) >= 11 is 0. The highest BCUT2D eigenvalue weighted by Crippen LogP contribution is 2.11. The second-order valence-corrected chi connectivity index (χ2v) is 4.70. The van der Waals surface area contributed by atoms with Gasteiger partial charge >= 0.3 is 0 Å². The molecule has 1 aliphatic heterocycles. The predicted octanol–water partition coefficient (Wildman–Crippen LogP) is 1.22. The summed E-state index contributed by atoms with van der Waals surface area (Å²) in [6, 6.07) is 4.08. The van der Waals surface area contributed by atoms with Crippen LogP contribution in [0.1, 0.15) is 19.8 Å². The maximum Gasteiger partial charge on any atom is 0.191 e. The van der Waals surface area contributed by atoms with Crippen LogP contribution >= 0.6 is 0 Å². The van der Waals surface area contributed by atoms with Crippen LogP contribution in [-0.4, -0.2) is 42.9 Å². The van der Waals surface area contributed by atoms with Gasteiger partial charge in [-0.15, -0.1) is 0 Å². The van der Waals surface area contributed by atoms with Gasteiger partial charge in [-0.1, -0.05) is 0 Å². The predicted molar refractivity (Wildman–Crippen MR) is 77.4 cm³/mol. The SMILES string of the molecule is CCNC(=NCC1CCCO1)NCCn1cccc1. The topological polar surface area (TPSA) is 50.6 Å². The average molecular weight is 264 g/mol. The summed E-state index contributed by atoms with van der Waals surface area (Å²) in [6.45, 7) is 6.40. The molecular formula is C14H24N4O. The van der Waals surface area contributed by atoms with Crippen LogP contribution in [0.15, 0.2) is 29.5 Å². The number of hydrogen-bond donors (Lipinski definition) is 2. The Hall–Kier alpha value is -1.49. The first-order chi connectivity index (χ1) is 9.38. The highest BCUT2D eigenvalue weighted by atomic mass is 16.5. The van der Waals surface area contributed by atoms with E-state index in [1.54, 1.807) is 0 Å². The van der Waals surface area contributed by atoms with Gasteiger partial charge in [-0.05, 0) is 31.9 Å². The molecule has 5 nitrogen and oxygen atoms in total. The molecule has 1 aromatic heterocycles. The average Bonchev–Trinajstić information content (AvgIpc) is 3.09. The minimum atomic E-state index is 0.305. The van der Waals surface area contributed by atoms with Crippen molar-refractivity contribution in [2.45, 2.75) is 32.4 Å². The van der Waals surface area contributed by atoms with Crippen LogP contribution in [0.2, 0.25) is 0 Å². The molecule has 19 heavy (non-hydrogen) atoms. The maximum atomic E-state index is 5.58. The van der Waals surface area contributed by atoms with E-state index in [9.17, 15) is 0 Å². The van der Waals surface area contributed by atoms with Gasteiger partial charge in [-0.2, -0.15) is 0 Å². The van der Waals surface area contributed by atoms with Crippen LogP contribution in [0.5, 0.6) is 0 Å². The van der Waals surface area contributed by atoms with Crippen molar-refractivity contribution in [3.63, 3.8) is 0 Å². The maximum absolute atomic E-state index is 5.58. The molecule has 2 rings (SSSR count). The molecule has 0 saturated carbocycles. The Morgan fingerprint density at radius 3 is 2.89 bits per heavy atom. The van der Waals surface area contributed by atoms with E-state index in [4.69, 9.17) is 4.74 Å². The van der Waals surface area contributed by atoms with Crippen LogP contribution in [0.25, 0.3) is 0 Å². The van der Waals surface area contributed by atoms with Crippen LogP contribution in [-0.2, 0) is 11.3 Å². The summed E-state index contributed by atoms with van der Waals surface area (Å²) < 4.78 is 7.73. The van der Waals surface area contributed by atoms with Crippen molar-refractivity contribution in [3.8, 4) is 0 Å². The fraction of sp³-hybridized carbons (Fsp3) is 0.643. The van der Waals surface area contributed by atoms with E-state index < -0.39 is 0 Å². The molecule has 1 unspecified atom stereocenters. The van der Waals surface area contributed by atoms with Crippen molar-refractivity contribution in [3.05, 3.63) is 24.5 Å². The Kier molecular flexibility index (Phi) is 5.75. The zero-order valence-corrected chi connectivity index (χ0v) is 11.6. The van der Waals surface area contributed by atoms with E-state index >= 15 is 0 Å². The summed E-state index contributed by atoms with van der Waals surface area (Å²) in [5.41, 5.74) is 0. The van der Waals surface area contributed by atoms with Gasteiger partial charge < -0.3 is 19.9 Å². The second kappa shape index (κ2) is 7.84. The minimum Gasteiger partial charge on any atom is -0.376 e. The molecule has 1 atom stereocenters. The first-order valence-electron chi connectivity index (χ1n) is 7.13. The number of rotatable bonds is 6. The molecule has 106 valence electrons. The van der Waals surface area contributed by atoms with Crippen LogP contribution in [0.3, 0.4) is 0 Å². The van der Waals surface area contributed by atoms with Crippen molar-refractivity contribution >= 4 is 5.96 Å². The molecule has 0 bridgehead atoms. The quantitative estimate of drug-likeness (QED) is 0.600. The largest absolute Gasteiger partial charge is 0.376 e. The molecule has 1 aliphatic rings. The van der Waals surface area contributed by atoms with Crippen molar-refractivity contribution in [1.29, 1.82) is 0 Å². The third-order valence-corrected chi connectivity index (χ3v) is 3.15. The second-order valence-electron chi connectivity index (χ2n) is 4.70. The standard InChI is InChI=1S/C14H24N4O/c1-2-15-14(17-12-13-6-5-11-19-13)16-7-10-18-8-3-4-9-18/h3-4,8-9,13H,2,5-7,10-12H2,1H3,(H2,15,16,17). The molecule has 0 radical (unpaired) electrons. The lowest BCUT2D eigenvalue weighted by atomic mass is 10.2. The van der Waals surface area contributed by atoms with Gasteiger partial charge in [0.25, 0.3) is 0 Å². The summed E-state index contributed by atoms with van der Waals surface area (Å²) in [7, 11) is 0. The fourth-order valence-electron chi connectivity index (χ4n) is 2.15. The van der Waals surface area contributed by atoms with Gasteiger partial charge in [-0.3, -0.25) is 4.99 Å². The molecule has 1 fully saturated rings. The lowest BCUT2D eigenvalue weighted by Gasteiger charge is -2.13. The zero-order chi connectivity index (χ0) is 13.3. The number of nitrogens with one attached hydrogen (secondary N) is 2. The van der Waals surface area contributed by atoms with E-state index in [2.05, 4.69) is 39.5 Å². The Labute approximate surface area is 115 Å². The number of aromatic nitrogens is 1. The van der Waals surface area contributed by atoms with E-state index in [-0.39, 0.29) is 0 Å². The van der Waals surface area contributed by atoms with E-state index in [1.807, 2.05) is 12.1 Å². The molecule has 0 spiro atoms. The number of nitrogens with zero attached hydrogens (tertiary/aromatic N) is 2. The van der Waals surface area contributed by atoms with Crippen molar-refractivity contribution in [2.75, 3.05) is 26.2 Å². The smallest absolute Gasteiger partial charge is 0.191 e. The van der Waals surface area contributed by atoms with Gasteiger partial charge in [0.2, 0.25) is 0 Å². The fourth-order valence-corrected chi connectivity index (χ4v) is 2.15. The Balaban J connectivity index is 1.72. The van der Waals surface area contributed by atoms with E-state index in [0.717, 1.165) is 51.6 Å². The van der Waals surface area contributed by atoms with E-state index in [0.29, 0.717) is 6.10 Å². The molecular weight excluding hydrogens is 240 g/mol. The number of guanidine groups is 1. The number of aliphatic imine (C=N–C) groups is 1. The van der Waals surface area contributed by atoms with Crippen LogP contribution < -0.4 is 10.6 Å². The monoisotopic (exact) mass is 264 g/mol. The first kappa shape index (κ1) is 13.9. The summed E-state index contributed by atoms with van der Waals surface area (Å²) in [4.78, 5) is 4.57. The number of hydrogen-bond acceptors (Lipinski definition) is 2. The highest BCUT2D eigenvalue weighted by Gasteiger charge is 2.14. The van der Waals surface area contributed by atoms with Gasteiger partial charge in [-0.25, -0.2) is 0 Å². The Morgan fingerprint density at radius 1 is 1.37 bits per heavy atom. The Bertz CT molecular complexity index is 369.